The molecule has 0 fully saturated rings. The van der Waals surface area contributed by atoms with E-state index in [9.17, 15) is 18.0 Å². The van der Waals surface area contributed by atoms with Gasteiger partial charge in [0.25, 0.3) is 0 Å². The fourth-order valence-corrected chi connectivity index (χ4v) is 1.77. The van der Waals surface area contributed by atoms with Gasteiger partial charge in [0.15, 0.2) is 0 Å². The molecule has 0 saturated heterocycles. The summed E-state index contributed by atoms with van der Waals surface area (Å²) in [4.78, 5) is 19.6. The number of ether oxygens (including phenoxy) is 1. The molecule has 1 heterocycles. The Morgan fingerprint density at radius 2 is 1.67 bits per heavy atom. The summed E-state index contributed by atoms with van der Waals surface area (Å²) in [6.45, 7) is 5.40. The highest BCUT2D eigenvalue weighted by Crippen LogP contribution is 2.30. The van der Waals surface area contributed by atoms with E-state index in [-0.39, 0.29) is 5.88 Å². The zero-order chi connectivity index (χ0) is 18.0. The van der Waals surface area contributed by atoms with Crippen LogP contribution in [0, 0.1) is 0 Å². The third-order valence-corrected chi connectivity index (χ3v) is 2.81. The van der Waals surface area contributed by atoms with E-state index in [0.717, 1.165) is 12.1 Å². The van der Waals surface area contributed by atoms with Crippen molar-refractivity contribution in [2.75, 3.05) is 0 Å². The second-order valence-electron chi connectivity index (χ2n) is 6.08. The predicted octanol–water partition coefficient (Wildman–Crippen LogP) is 4.05. The van der Waals surface area contributed by atoms with E-state index >= 15 is 0 Å². The SMILES string of the molecule is CC(C)(C)NC(=O)Oc1cnc(-c2ccc(C(F)(F)F)cc2)cn1. The molecular formula is C16H16F3N3O2. The number of halogens is 3. The number of hydrogen-bond acceptors (Lipinski definition) is 4. The van der Waals surface area contributed by atoms with Gasteiger partial charge >= 0.3 is 12.3 Å². The second-order valence-corrected chi connectivity index (χ2v) is 6.08. The average Bonchev–Trinajstić information content (AvgIpc) is 2.45. The van der Waals surface area contributed by atoms with E-state index in [1.54, 1.807) is 20.8 Å². The number of hydrogen-bond donors (Lipinski definition) is 1. The van der Waals surface area contributed by atoms with Crippen LogP contribution in [0.5, 0.6) is 5.88 Å². The zero-order valence-corrected chi connectivity index (χ0v) is 13.3. The molecule has 1 aromatic heterocycles. The number of rotatable bonds is 2. The van der Waals surface area contributed by atoms with Crippen molar-refractivity contribution in [3.8, 4) is 17.1 Å². The molecule has 1 N–H and O–H groups in total. The molecule has 5 nitrogen and oxygen atoms in total. The molecule has 0 unspecified atom stereocenters. The van der Waals surface area contributed by atoms with Gasteiger partial charge in [-0.05, 0) is 32.9 Å². The molecule has 24 heavy (non-hydrogen) atoms. The molecule has 1 aromatic carbocycles. The lowest BCUT2D eigenvalue weighted by molar-refractivity contribution is -0.137. The smallest absolute Gasteiger partial charge is 0.390 e. The lowest BCUT2D eigenvalue weighted by atomic mass is 10.1. The third kappa shape index (κ3) is 4.94. The summed E-state index contributed by atoms with van der Waals surface area (Å²) in [5.74, 6) is -0.00703. The first-order chi connectivity index (χ1) is 11.0. The molecule has 128 valence electrons. The van der Waals surface area contributed by atoms with Crippen molar-refractivity contribution in [3.05, 3.63) is 42.2 Å². The highest BCUT2D eigenvalue weighted by Gasteiger charge is 2.30. The Hall–Kier alpha value is -2.64. The molecule has 8 heteroatoms. The van der Waals surface area contributed by atoms with Gasteiger partial charge < -0.3 is 10.1 Å². The van der Waals surface area contributed by atoms with E-state index in [4.69, 9.17) is 4.74 Å². The highest BCUT2D eigenvalue weighted by atomic mass is 19.4. The van der Waals surface area contributed by atoms with E-state index in [0.29, 0.717) is 11.3 Å². The van der Waals surface area contributed by atoms with Crippen LogP contribution >= 0.6 is 0 Å². The molecule has 2 aromatic rings. The van der Waals surface area contributed by atoms with Gasteiger partial charge in [0.1, 0.15) is 0 Å². The van der Waals surface area contributed by atoms with Crippen LogP contribution < -0.4 is 10.1 Å². The molecule has 1 amide bonds. The minimum atomic E-state index is -4.39. The molecule has 0 bridgehead atoms. The van der Waals surface area contributed by atoms with E-state index in [1.807, 2.05) is 0 Å². The van der Waals surface area contributed by atoms with Crippen molar-refractivity contribution < 1.29 is 22.7 Å². The van der Waals surface area contributed by atoms with E-state index in [1.165, 1.54) is 24.5 Å². The Balaban J connectivity index is 2.08. The lowest BCUT2D eigenvalue weighted by Crippen LogP contribution is -2.42. The van der Waals surface area contributed by atoms with Crippen molar-refractivity contribution in [2.45, 2.75) is 32.5 Å². The van der Waals surface area contributed by atoms with Gasteiger partial charge in [-0.1, -0.05) is 12.1 Å². The number of nitrogens with zero attached hydrogens (tertiary/aromatic N) is 2. The first kappa shape index (κ1) is 17.7. The van der Waals surface area contributed by atoms with Crippen LogP contribution in [-0.2, 0) is 6.18 Å². The minimum Gasteiger partial charge on any atom is -0.390 e. The fraction of sp³-hybridized carbons (Fsp3) is 0.312. The van der Waals surface area contributed by atoms with Crippen LogP contribution in [0.3, 0.4) is 0 Å². The molecule has 0 radical (unpaired) electrons. The maximum absolute atomic E-state index is 12.5. The Labute approximate surface area is 136 Å². The highest BCUT2D eigenvalue weighted by molar-refractivity contribution is 5.70. The molecule has 0 saturated carbocycles. The second kappa shape index (κ2) is 6.46. The topological polar surface area (TPSA) is 64.1 Å². The summed E-state index contributed by atoms with van der Waals surface area (Å²) in [5, 5.41) is 2.60. The van der Waals surface area contributed by atoms with Gasteiger partial charge in [-0.2, -0.15) is 13.2 Å². The summed E-state index contributed by atoms with van der Waals surface area (Å²) in [6.07, 6.45) is -2.50. The van der Waals surface area contributed by atoms with Crippen LogP contribution in [0.25, 0.3) is 11.3 Å². The fourth-order valence-electron chi connectivity index (χ4n) is 1.77. The first-order valence-corrected chi connectivity index (χ1v) is 7.04. The molecule has 0 aliphatic heterocycles. The zero-order valence-electron chi connectivity index (χ0n) is 13.3. The largest absolute Gasteiger partial charge is 0.416 e. The van der Waals surface area contributed by atoms with Gasteiger partial charge in [-0.25, -0.2) is 14.8 Å². The van der Waals surface area contributed by atoms with Crippen LogP contribution in [-0.4, -0.2) is 21.6 Å². The van der Waals surface area contributed by atoms with Crippen molar-refractivity contribution in [1.29, 1.82) is 0 Å². The number of carbonyl (C=O) groups excluding carboxylic acids is 1. The Morgan fingerprint density at radius 3 is 2.12 bits per heavy atom. The summed E-state index contributed by atoms with van der Waals surface area (Å²) in [5.41, 5.74) is -0.350. The van der Waals surface area contributed by atoms with Crippen LogP contribution in [0.2, 0.25) is 0 Å². The minimum absolute atomic E-state index is 0.00703. The molecule has 0 aliphatic carbocycles. The van der Waals surface area contributed by atoms with Gasteiger partial charge in [0.05, 0.1) is 23.7 Å². The molecule has 2 rings (SSSR count). The number of benzene rings is 1. The van der Waals surface area contributed by atoms with Crippen molar-refractivity contribution in [2.24, 2.45) is 0 Å². The number of nitrogens with one attached hydrogen (secondary N) is 1. The summed E-state index contributed by atoms with van der Waals surface area (Å²) < 4.78 is 42.6. The maximum atomic E-state index is 12.5. The Kier molecular flexibility index (Phi) is 4.77. The van der Waals surface area contributed by atoms with Crippen LogP contribution in [0.4, 0.5) is 18.0 Å². The average molecular weight is 339 g/mol. The predicted molar refractivity (Wildman–Crippen MR) is 81.4 cm³/mol. The van der Waals surface area contributed by atoms with Gasteiger partial charge in [0.2, 0.25) is 5.88 Å². The number of carbonyl (C=O) groups is 1. The van der Waals surface area contributed by atoms with Gasteiger partial charge in [-0.3, -0.25) is 0 Å². The summed E-state index contributed by atoms with van der Waals surface area (Å²) >= 11 is 0. The molecule has 0 atom stereocenters. The van der Waals surface area contributed by atoms with Crippen molar-refractivity contribution in [1.82, 2.24) is 15.3 Å². The molecule has 0 aliphatic rings. The van der Waals surface area contributed by atoms with Crippen molar-refractivity contribution >= 4 is 6.09 Å². The normalized spacial score (nSPS) is 11.9. The van der Waals surface area contributed by atoms with Crippen LogP contribution in [0.15, 0.2) is 36.7 Å². The maximum Gasteiger partial charge on any atom is 0.416 e. The number of alkyl halides is 3. The Bertz CT molecular complexity index is 705. The molecule has 0 spiro atoms. The van der Waals surface area contributed by atoms with E-state index in [2.05, 4.69) is 15.3 Å². The third-order valence-electron chi connectivity index (χ3n) is 2.81. The number of amides is 1. The van der Waals surface area contributed by atoms with E-state index < -0.39 is 23.4 Å². The quantitative estimate of drug-likeness (QED) is 0.896. The van der Waals surface area contributed by atoms with Crippen LogP contribution in [0.1, 0.15) is 26.3 Å². The summed E-state index contributed by atoms with van der Waals surface area (Å²) in [6, 6.07) is 4.55. The van der Waals surface area contributed by atoms with Crippen molar-refractivity contribution in [3.63, 3.8) is 0 Å². The number of aromatic nitrogens is 2. The van der Waals surface area contributed by atoms with Gasteiger partial charge in [0, 0.05) is 11.1 Å². The lowest BCUT2D eigenvalue weighted by Gasteiger charge is -2.19. The first-order valence-electron chi connectivity index (χ1n) is 7.04. The Morgan fingerprint density at radius 1 is 1.04 bits per heavy atom. The monoisotopic (exact) mass is 339 g/mol. The summed E-state index contributed by atoms with van der Waals surface area (Å²) in [7, 11) is 0. The van der Waals surface area contributed by atoms with Gasteiger partial charge in [-0.15, -0.1) is 0 Å². The standard InChI is InChI=1S/C16H16F3N3O2/c1-15(2,3)22-14(23)24-13-9-20-12(8-21-13)10-4-6-11(7-5-10)16(17,18)19/h4-9H,1-3H3,(H,22,23). The molecular weight excluding hydrogens is 323 g/mol.